The summed E-state index contributed by atoms with van der Waals surface area (Å²) in [6.07, 6.45) is -1.02. The van der Waals surface area contributed by atoms with Gasteiger partial charge in [-0.3, -0.25) is 0 Å². The predicted octanol–water partition coefficient (Wildman–Crippen LogP) is 2.45. The molecular weight excluding hydrogens is 310 g/mol. The summed E-state index contributed by atoms with van der Waals surface area (Å²) < 4.78 is 15.7. The van der Waals surface area contributed by atoms with Crippen molar-refractivity contribution in [3.05, 3.63) is 35.9 Å². The first-order valence-corrected chi connectivity index (χ1v) is 8.15. The standard InChI is InChI=1S/C18H25NO5/c1-5-22-16(20)15-14(23-15)13(11-12-9-7-6-8-10-12)19-17(21)24-18(2,3)4/h6-10,13-15H,5,11H2,1-4H3,(H,19,21)/t13-,14+,15-/m0/s1. The highest BCUT2D eigenvalue weighted by atomic mass is 16.6. The lowest BCUT2D eigenvalue weighted by atomic mass is 10.0. The minimum atomic E-state index is -0.631. The molecule has 3 atom stereocenters. The van der Waals surface area contributed by atoms with E-state index in [9.17, 15) is 9.59 Å². The Morgan fingerprint density at radius 3 is 2.50 bits per heavy atom. The fraction of sp³-hybridized carbons (Fsp3) is 0.556. The first-order chi connectivity index (χ1) is 11.3. The van der Waals surface area contributed by atoms with E-state index in [1.54, 1.807) is 27.7 Å². The highest BCUT2D eigenvalue weighted by molar-refractivity contribution is 5.78. The molecule has 1 aromatic rings. The zero-order chi connectivity index (χ0) is 17.7. The lowest BCUT2D eigenvalue weighted by Gasteiger charge is -2.23. The van der Waals surface area contributed by atoms with Crippen LogP contribution in [0.2, 0.25) is 0 Å². The van der Waals surface area contributed by atoms with Crippen LogP contribution >= 0.6 is 0 Å². The van der Waals surface area contributed by atoms with Crippen molar-refractivity contribution in [2.24, 2.45) is 0 Å². The Kier molecular flexibility index (Phi) is 5.83. The number of epoxide rings is 1. The zero-order valence-electron chi connectivity index (χ0n) is 14.6. The van der Waals surface area contributed by atoms with Gasteiger partial charge in [0, 0.05) is 0 Å². The molecular formula is C18H25NO5. The second-order valence-electron chi connectivity index (χ2n) is 6.72. The van der Waals surface area contributed by atoms with Gasteiger partial charge >= 0.3 is 12.1 Å². The van der Waals surface area contributed by atoms with Crippen LogP contribution in [0.3, 0.4) is 0 Å². The van der Waals surface area contributed by atoms with Gasteiger partial charge in [-0.25, -0.2) is 9.59 Å². The molecule has 1 amide bonds. The number of hydrogen-bond donors (Lipinski definition) is 1. The Labute approximate surface area is 142 Å². The lowest BCUT2D eigenvalue weighted by molar-refractivity contribution is -0.144. The number of benzene rings is 1. The molecule has 132 valence electrons. The smallest absolute Gasteiger partial charge is 0.407 e. The Bertz CT molecular complexity index is 567. The number of amides is 1. The van der Waals surface area contributed by atoms with E-state index in [-0.39, 0.29) is 6.04 Å². The summed E-state index contributed by atoms with van der Waals surface area (Å²) in [4.78, 5) is 23.9. The molecule has 0 unspecified atom stereocenters. The largest absolute Gasteiger partial charge is 0.464 e. The van der Waals surface area contributed by atoms with Gasteiger partial charge in [-0.2, -0.15) is 0 Å². The quantitative estimate of drug-likeness (QED) is 0.638. The van der Waals surface area contributed by atoms with Gasteiger partial charge < -0.3 is 19.5 Å². The fourth-order valence-corrected chi connectivity index (χ4v) is 2.42. The van der Waals surface area contributed by atoms with Crippen LogP contribution in [-0.4, -0.2) is 42.5 Å². The molecule has 1 fully saturated rings. The van der Waals surface area contributed by atoms with Gasteiger partial charge in [-0.05, 0) is 39.7 Å². The second kappa shape index (κ2) is 7.66. The van der Waals surface area contributed by atoms with Gasteiger partial charge in [0.05, 0.1) is 12.6 Å². The average Bonchev–Trinajstić information content (AvgIpc) is 3.26. The maximum Gasteiger partial charge on any atom is 0.407 e. The monoisotopic (exact) mass is 335 g/mol. The molecule has 0 radical (unpaired) electrons. The summed E-state index contributed by atoms with van der Waals surface area (Å²) >= 11 is 0. The molecule has 0 bridgehead atoms. The van der Waals surface area contributed by atoms with Crippen LogP contribution in [0.25, 0.3) is 0 Å². The molecule has 0 aromatic heterocycles. The van der Waals surface area contributed by atoms with Crippen molar-refractivity contribution in [2.75, 3.05) is 6.61 Å². The van der Waals surface area contributed by atoms with E-state index in [1.807, 2.05) is 30.3 Å². The molecule has 1 saturated heterocycles. The topological polar surface area (TPSA) is 77.2 Å². The Morgan fingerprint density at radius 1 is 1.25 bits per heavy atom. The minimum Gasteiger partial charge on any atom is -0.464 e. The van der Waals surface area contributed by atoms with Crippen molar-refractivity contribution >= 4 is 12.1 Å². The highest BCUT2D eigenvalue weighted by Crippen LogP contribution is 2.29. The number of alkyl carbamates (subject to hydrolysis) is 1. The van der Waals surface area contributed by atoms with Crippen LogP contribution in [0.15, 0.2) is 30.3 Å². The molecule has 1 aliphatic heterocycles. The van der Waals surface area contributed by atoms with E-state index in [1.165, 1.54) is 0 Å². The SMILES string of the molecule is CCOC(=O)[C@H]1O[C@@H]1[C@H](Cc1ccccc1)NC(=O)OC(C)(C)C. The maximum absolute atomic E-state index is 12.1. The van der Waals surface area contributed by atoms with E-state index < -0.39 is 29.9 Å². The molecule has 24 heavy (non-hydrogen) atoms. The second-order valence-corrected chi connectivity index (χ2v) is 6.72. The van der Waals surface area contributed by atoms with Crippen molar-refractivity contribution in [3.63, 3.8) is 0 Å². The van der Waals surface area contributed by atoms with Gasteiger partial charge in [0.2, 0.25) is 0 Å². The van der Waals surface area contributed by atoms with Crippen molar-refractivity contribution in [3.8, 4) is 0 Å². The maximum atomic E-state index is 12.1. The molecule has 1 aromatic carbocycles. The summed E-state index contributed by atoms with van der Waals surface area (Å²) in [5, 5.41) is 2.82. The van der Waals surface area contributed by atoms with Crippen LogP contribution in [0.4, 0.5) is 4.79 Å². The summed E-state index contributed by atoms with van der Waals surface area (Å²) in [6, 6.07) is 9.34. The van der Waals surface area contributed by atoms with Crippen LogP contribution in [0, 0.1) is 0 Å². The van der Waals surface area contributed by atoms with E-state index in [4.69, 9.17) is 14.2 Å². The molecule has 2 rings (SSSR count). The van der Waals surface area contributed by atoms with E-state index in [0.29, 0.717) is 13.0 Å². The normalized spacial score (nSPS) is 20.8. The van der Waals surface area contributed by atoms with E-state index in [0.717, 1.165) is 5.56 Å². The van der Waals surface area contributed by atoms with E-state index >= 15 is 0 Å². The number of hydrogen-bond acceptors (Lipinski definition) is 5. The summed E-state index contributed by atoms with van der Waals surface area (Å²) in [6.45, 7) is 7.44. The predicted molar refractivity (Wildman–Crippen MR) is 88.6 cm³/mol. The summed E-state index contributed by atoms with van der Waals surface area (Å²) in [7, 11) is 0. The van der Waals surface area contributed by atoms with Crippen LogP contribution < -0.4 is 5.32 Å². The lowest BCUT2D eigenvalue weighted by Crippen LogP contribution is -2.44. The van der Waals surface area contributed by atoms with Crippen molar-refractivity contribution in [1.29, 1.82) is 0 Å². The van der Waals surface area contributed by atoms with Gasteiger partial charge in [-0.1, -0.05) is 30.3 Å². The molecule has 6 nitrogen and oxygen atoms in total. The van der Waals surface area contributed by atoms with Crippen LogP contribution in [-0.2, 0) is 25.4 Å². The number of esters is 1. The average molecular weight is 335 g/mol. The van der Waals surface area contributed by atoms with E-state index in [2.05, 4.69) is 5.32 Å². The summed E-state index contributed by atoms with van der Waals surface area (Å²) in [5.74, 6) is -0.397. The van der Waals surface area contributed by atoms with Crippen molar-refractivity contribution in [1.82, 2.24) is 5.32 Å². The van der Waals surface area contributed by atoms with Crippen molar-refractivity contribution < 1.29 is 23.8 Å². The molecule has 0 spiro atoms. The van der Waals surface area contributed by atoms with Crippen LogP contribution in [0.5, 0.6) is 0 Å². The Balaban J connectivity index is 2.02. The number of carbonyl (C=O) groups excluding carboxylic acids is 2. The fourth-order valence-electron chi connectivity index (χ4n) is 2.42. The minimum absolute atomic E-state index is 0.300. The first kappa shape index (κ1) is 18.3. The van der Waals surface area contributed by atoms with Gasteiger partial charge in [0.25, 0.3) is 0 Å². The third-order valence-electron chi connectivity index (χ3n) is 3.44. The molecule has 6 heteroatoms. The van der Waals surface area contributed by atoms with Gasteiger partial charge in [0.15, 0.2) is 6.10 Å². The van der Waals surface area contributed by atoms with Crippen LogP contribution in [0.1, 0.15) is 33.3 Å². The van der Waals surface area contributed by atoms with Gasteiger partial charge in [-0.15, -0.1) is 0 Å². The first-order valence-electron chi connectivity index (χ1n) is 8.15. The number of carbonyl (C=O) groups is 2. The Morgan fingerprint density at radius 2 is 1.92 bits per heavy atom. The Hall–Kier alpha value is -2.08. The molecule has 0 aliphatic carbocycles. The third-order valence-corrected chi connectivity index (χ3v) is 3.44. The number of ether oxygens (including phenoxy) is 3. The molecule has 1 heterocycles. The van der Waals surface area contributed by atoms with Gasteiger partial charge in [0.1, 0.15) is 11.7 Å². The molecule has 1 N–H and O–H groups in total. The number of nitrogens with one attached hydrogen (secondary N) is 1. The third kappa shape index (κ3) is 5.53. The zero-order valence-corrected chi connectivity index (χ0v) is 14.6. The number of rotatable bonds is 6. The summed E-state index contributed by atoms with van der Waals surface area (Å²) in [5.41, 5.74) is 0.448. The molecule has 0 saturated carbocycles. The van der Waals surface area contributed by atoms with Crippen molar-refractivity contribution in [2.45, 2.75) is 58.0 Å². The highest BCUT2D eigenvalue weighted by Gasteiger charge is 2.51. The molecule has 1 aliphatic rings.